The summed E-state index contributed by atoms with van der Waals surface area (Å²) in [4.78, 5) is 39.4. The highest BCUT2D eigenvalue weighted by Gasteiger charge is 2.49. The van der Waals surface area contributed by atoms with Crippen LogP contribution in [0.5, 0.6) is 0 Å². The van der Waals surface area contributed by atoms with Crippen molar-refractivity contribution in [1.82, 2.24) is 9.80 Å². The fourth-order valence-electron chi connectivity index (χ4n) is 3.90. The first-order chi connectivity index (χ1) is 14.4. The molecule has 2 unspecified atom stereocenters. The van der Waals surface area contributed by atoms with E-state index in [0.717, 1.165) is 12.8 Å². The third kappa shape index (κ3) is 7.73. The molecule has 0 N–H and O–H groups in total. The fourth-order valence-corrected chi connectivity index (χ4v) is 3.90. The number of nitrogens with zero attached hydrogens (tertiary/aromatic N) is 2. The number of carbonyl (C=O) groups excluding carboxylic acids is 3. The molecule has 0 saturated carbocycles. The minimum absolute atomic E-state index is 0.0307. The van der Waals surface area contributed by atoms with Crippen molar-refractivity contribution in [2.24, 2.45) is 0 Å². The average molecular weight is 461 g/mol. The number of hydrogen-bond acceptors (Lipinski definition) is 8. The summed E-state index contributed by atoms with van der Waals surface area (Å²) < 4.78 is 14.5. The second-order valence-corrected chi connectivity index (χ2v) is 9.65. The molecule has 2 atom stereocenters. The van der Waals surface area contributed by atoms with Crippen LogP contribution in [0.25, 0.3) is 0 Å². The molecule has 0 aliphatic carbocycles. The molecule has 0 bridgehead atoms. The largest absolute Gasteiger partial charge is 0.468 e. The number of hydrogen-bond donors (Lipinski definition) is 0. The Morgan fingerprint density at radius 3 is 1.19 bits per heavy atom. The molecular formula is C24H48N2O6. The van der Waals surface area contributed by atoms with E-state index in [0.29, 0.717) is 6.04 Å². The summed E-state index contributed by atoms with van der Waals surface area (Å²) in [5.74, 6) is -0.926. The van der Waals surface area contributed by atoms with E-state index in [9.17, 15) is 14.4 Å². The monoisotopic (exact) mass is 460 g/mol. The van der Waals surface area contributed by atoms with Crippen LogP contribution >= 0.6 is 0 Å². The molecule has 0 aromatic rings. The zero-order valence-electron chi connectivity index (χ0n) is 22.9. The number of rotatable bonds is 10. The van der Waals surface area contributed by atoms with Gasteiger partial charge in [0.05, 0.1) is 21.3 Å². The van der Waals surface area contributed by atoms with Crippen molar-refractivity contribution in [2.45, 2.75) is 111 Å². The molecule has 0 aliphatic heterocycles. The molecule has 0 aromatic carbocycles. The van der Waals surface area contributed by atoms with E-state index in [1.165, 1.54) is 21.3 Å². The molecular weight excluding hydrogens is 412 g/mol. The van der Waals surface area contributed by atoms with Gasteiger partial charge in [-0.25, -0.2) is 0 Å². The Hall–Kier alpha value is -1.67. The second-order valence-electron chi connectivity index (χ2n) is 9.65. The molecule has 8 nitrogen and oxygen atoms in total. The van der Waals surface area contributed by atoms with Crippen LogP contribution in [0.3, 0.4) is 0 Å². The quantitative estimate of drug-likeness (QED) is 0.361. The van der Waals surface area contributed by atoms with Gasteiger partial charge in [0.15, 0.2) is 0 Å². The molecule has 32 heavy (non-hydrogen) atoms. The average Bonchev–Trinajstić information content (AvgIpc) is 2.75. The van der Waals surface area contributed by atoms with Gasteiger partial charge >= 0.3 is 17.9 Å². The first-order valence-corrected chi connectivity index (χ1v) is 11.2. The highest BCUT2D eigenvalue weighted by molar-refractivity contribution is 5.84. The van der Waals surface area contributed by atoms with Crippen molar-refractivity contribution < 1.29 is 28.6 Å². The highest BCUT2D eigenvalue weighted by atomic mass is 16.5. The molecule has 0 radical (unpaired) electrons. The molecule has 8 heteroatoms. The van der Waals surface area contributed by atoms with Gasteiger partial charge in [-0.2, -0.15) is 0 Å². The predicted octanol–water partition coefficient (Wildman–Crippen LogP) is 3.66. The Morgan fingerprint density at radius 1 is 0.656 bits per heavy atom. The van der Waals surface area contributed by atoms with Gasteiger partial charge in [-0.1, -0.05) is 13.8 Å². The fraction of sp³-hybridized carbons (Fsp3) is 0.875. The van der Waals surface area contributed by atoms with E-state index < -0.39 is 16.6 Å². The van der Waals surface area contributed by atoms with Gasteiger partial charge in [0.1, 0.15) is 16.6 Å². The zero-order valence-corrected chi connectivity index (χ0v) is 22.9. The summed E-state index contributed by atoms with van der Waals surface area (Å²) in [6.45, 7) is 19.0. The van der Waals surface area contributed by atoms with Gasteiger partial charge < -0.3 is 14.2 Å². The molecule has 0 aliphatic rings. The van der Waals surface area contributed by atoms with E-state index in [2.05, 4.69) is 13.8 Å². The summed E-state index contributed by atoms with van der Waals surface area (Å²) >= 11 is 0. The van der Waals surface area contributed by atoms with Crippen LogP contribution in [0.15, 0.2) is 0 Å². The summed E-state index contributed by atoms with van der Waals surface area (Å²) in [6.07, 6.45) is 1.83. The Labute approximate surface area is 195 Å². The van der Waals surface area contributed by atoms with Crippen molar-refractivity contribution in [2.75, 3.05) is 28.4 Å². The highest BCUT2D eigenvalue weighted by Crippen LogP contribution is 2.31. The number of ether oxygens (including phenoxy) is 3. The van der Waals surface area contributed by atoms with E-state index in [1.807, 2.05) is 44.5 Å². The van der Waals surface area contributed by atoms with E-state index in [4.69, 9.17) is 14.2 Å². The molecule has 0 amide bonds. The number of methoxy groups -OCH3 is 3. The minimum Gasteiger partial charge on any atom is -0.468 e. The lowest BCUT2D eigenvalue weighted by molar-refractivity contribution is -0.171. The van der Waals surface area contributed by atoms with Crippen LogP contribution in [-0.2, 0) is 28.6 Å². The summed E-state index contributed by atoms with van der Waals surface area (Å²) in [5, 5.41) is 0. The zero-order chi connectivity index (χ0) is 26.1. The van der Waals surface area contributed by atoms with Crippen molar-refractivity contribution in [3.63, 3.8) is 0 Å². The Bertz CT molecular complexity index is 588. The SMILES string of the molecule is CCC(C)N(C(C)(C)C(=O)OC)C(C)(C)C(=O)OC.CCC(C)N(C)C(C)(C)C(=O)OC. The summed E-state index contributed by atoms with van der Waals surface area (Å²) in [5.41, 5.74) is -2.37. The van der Waals surface area contributed by atoms with Crippen molar-refractivity contribution in [3.05, 3.63) is 0 Å². The standard InChI is InChI=1S/C14H27NO4.C10H21NO2/c1-9-10(2)15(13(3,4)11(16)18-7)14(5,6)12(17)19-8;1-7-8(2)11(5)10(3,4)9(12)13-6/h10H,9H2,1-8H3;8H,7H2,1-6H3. The van der Waals surface area contributed by atoms with E-state index >= 15 is 0 Å². The third-order valence-electron chi connectivity index (χ3n) is 6.42. The van der Waals surface area contributed by atoms with Gasteiger partial charge in [0, 0.05) is 12.1 Å². The van der Waals surface area contributed by atoms with Gasteiger partial charge in [-0.15, -0.1) is 0 Å². The number of esters is 3. The third-order valence-corrected chi connectivity index (χ3v) is 6.42. The van der Waals surface area contributed by atoms with Crippen LogP contribution in [0.4, 0.5) is 0 Å². The van der Waals surface area contributed by atoms with E-state index in [-0.39, 0.29) is 23.9 Å². The Morgan fingerprint density at radius 2 is 0.938 bits per heavy atom. The normalized spacial score (nSPS) is 14.2. The van der Waals surface area contributed by atoms with E-state index in [1.54, 1.807) is 27.7 Å². The topological polar surface area (TPSA) is 85.4 Å². The molecule has 0 fully saturated rings. The summed E-state index contributed by atoms with van der Waals surface area (Å²) in [6, 6.07) is 0.414. The molecule has 0 aromatic heterocycles. The van der Waals surface area contributed by atoms with Crippen LogP contribution in [0, 0.1) is 0 Å². The molecule has 0 heterocycles. The van der Waals surface area contributed by atoms with Gasteiger partial charge in [-0.3, -0.25) is 24.2 Å². The van der Waals surface area contributed by atoms with Gasteiger partial charge in [0.25, 0.3) is 0 Å². The Balaban J connectivity index is 0. The smallest absolute Gasteiger partial charge is 0.325 e. The number of carbonyl (C=O) groups is 3. The molecule has 0 spiro atoms. The maximum Gasteiger partial charge on any atom is 0.325 e. The maximum absolute atomic E-state index is 12.0. The predicted molar refractivity (Wildman–Crippen MR) is 127 cm³/mol. The number of likely N-dealkylation sites (N-methyl/N-ethyl adjacent to an activating group) is 1. The maximum atomic E-state index is 12.0. The van der Waals surface area contributed by atoms with Crippen molar-refractivity contribution in [1.29, 1.82) is 0 Å². The summed E-state index contributed by atoms with van der Waals surface area (Å²) in [7, 11) is 6.08. The van der Waals surface area contributed by atoms with Crippen LogP contribution in [0.1, 0.15) is 82.1 Å². The molecule has 0 rings (SSSR count). The van der Waals surface area contributed by atoms with Crippen molar-refractivity contribution >= 4 is 17.9 Å². The van der Waals surface area contributed by atoms with Gasteiger partial charge in [0.2, 0.25) is 0 Å². The second kappa shape index (κ2) is 13.1. The Kier molecular flexibility index (Phi) is 13.3. The first kappa shape index (κ1) is 32.5. The molecule has 190 valence electrons. The minimum atomic E-state index is -0.915. The van der Waals surface area contributed by atoms with Crippen LogP contribution in [-0.4, -0.2) is 84.8 Å². The molecule has 0 saturated heterocycles. The van der Waals surface area contributed by atoms with Gasteiger partial charge in [-0.05, 0) is 75.3 Å². The first-order valence-electron chi connectivity index (χ1n) is 11.2. The lowest BCUT2D eigenvalue weighted by Crippen LogP contribution is -2.65. The van der Waals surface area contributed by atoms with Crippen LogP contribution < -0.4 is 0 Å². The lowest BCUT2D eigenvalue weighted by Gasteiger charge is -2.48. The van der Waals surface area contributed by atoms with Crippen molar-refractivity contribution in [3.8, 4) is 0 Å². The lowest BCUT2D eigenvalue weighted by atomic mass is 9.90. The van der Waals surface area contributed by atoms with Crippen LogP contribution in [0.2, 0.25) is 0 Å².